The topological polar surface area (TPSA) is 52.6 Å². The first-order valence-electron chi connectivity index (χ1n) is 6.27. The summed E-state index contributed by atoms with van der Waals surface area (Å²) in [4.78, 5) is 0. The first-order chi connectivity index (χ1) is 7.78. The molecule has 0 aromatic carbocycles. The highest BCUT2D eigenvalue weighted by molar-refractivity contribution is 7.85. The van der Waals surface area contributed by atoms with Gasteiger partial charge in [0.25, 0.3) is 10.1 Å². The van der Waals surface area contributed by atoms with Crippen molar-refractivity contribution in [2.45, 2.75) is 45.8 Å². The minimum atomic E-state index is -3.33. The van der Waals surface area contributed by atoms with Crippen LogP contribution in [0.25, 0.3) is 0 Å². The van der Waals surface area contributed by atoms with Gasteiger partial charge in [-0.1, -0.05) is 27.7 Å². The Morgan fingerprint density at radius 3 is 1.88 bits per heavy atom. The second kappa shape index (κ2) is 7.51. The molecule has 0 N–H and O–H groups in total. The Labute approximate surface area is 107 Å². The monoisotopic (exact) mass is 282 g/mol. The molecule has 0 rings (SSSR count). The van der Waals surface area contributed by atoms with Crippen LogP contribution in [0.3, 0.4) is 0 Å². The summed E-state index contributed by atoms with van der Waals surface area (Å²) in [6.07, 6.45) is 1.07. The second-order valence-corrected chi connectivity index (χ2v) is 11.1. The number of hydrogen-bond acceptors (Lipinski definition) is 4. The van der Waals surface area contributed by atoms with E-state index in [4.69, 9.17) is 8.61 Å². The van der Waals surface area contributed by atoms with Gasteiger partial charge in [-0.2, -0.15) is 8.42 Å². The summed E-state index contributed by atoms with van der Waals surface area (Å²) in [6, 6.07) is 3.33. The summed E-state index contributed by atoms with van der Waals surface area (Å²) in [7, 11) is -4.89. The SMILES string of the molecule is CC[Si](CC)(CC)OCC(C)COS(C)(=O)=O. The van der Waals surface area contributed by atoms with Crippen molar-refractivity contribution in [3.8, 4) is 0 Å². The molecule has 0 aliphatic rings. The third kappa shape index (κ3) is 7.18. The molecule has 0 fully saturated rings. The largest absolute Gasteiger partial charge is 0.416 e. The van der Waals surface area contributed by atoms with Gasteiger partial charge in [0, 0.05) is 12.5 Å². The van der Waals surface area contributed by atoms with Crippen LogP contribution in [0.2, 0.25) is 18.1 Å². The first kappa shape index (κ1) is 17.1. The standard InChI is InChI=1S/C11H26O4SSi/c1-6-17(7-2,8-3)15-10-11(4)9-14-16(5,12)13/h11H,6-10H2,1-5H3. The number of hydrogen-bond donors (Lipinski definition) is 0. The van der Waals surface area contributed by atoms with Gasteiger partial charge < -0.3 is 4.43 Å². The van der Waals surface area contributed by atoms with Crippen molar-refractivity contribution in [2.24, 2.45) is 5.92 Å². The minimum Gasteiger partial charge on any atom is -0.416 e. The summed E-state index contributed by atoms with van der Waals surface area (Å²) in [5.74, 6) is 0.112. The summed E-state index contributed by atoms with van der Waals surface area (Å²) >= 11 is 0. The van der Waals surface area contributed by atoms with Gasteiger partial charge in [0.05, 0.1) is 12.9 Å². The van der Waals surface area contributed by atoms with Crippen LogP contribution in [0.1, 0.15) is 27.7 Å². The molecular weight excluding hydrogens is 256 g/mol. The molecule has 4 nitrogen and oxygen atoms in total. The zero-order valence-corrected chi connectivity index (χ0v) is 13.5. The molecule has 1 atom stereocenters. The fraction of sp³-hybridized carbons (Fsp3) is 1.00. The van der Waals surface area contributed by atoms with Crippen LogP contribution in [0.5, 0.6) is 0 Å². The molecule has 6 heteroatoms. The molecule has 0 spiro atoms. The van der Waals surface area contributed by atoms with Crippen molar-refractivity contribution in [1.82, 2.24) is 0 Å². The highest BCUT2D eigenvalue weighted by atomic mass is 32.2. The fourth-order valence-electron chi connectivity index (χ4n) is 1.66. The van der Waals surface area contributed by atoms with Crippen molar-refractivity contribution >= 4 is 18.4 Å². The Balaban J connectivity index is 4.09. The Morgan fingerprint density at radius 2 is 1.53 bits per heavy atom. The maximum atomic E-state index is 10.9. The van der Waals surface area contributed by atoms with Gasteiger partial charge in [-0.15, -0.1) is 0 Å². The summed E-state index contributed by atoms with van der Waals surface area (Å²) in [5, 5.41) is 0. The zero-order chi connectivity index (χ0) is 13.5. The quantitative estimate of drug-likeness (QED) is 0.482. The predicted octanol–water partition coefficient (Wildman–Crippen LogP) is 2.62. The number of rotatable bonds is 9. The molecule has 0 aromatic rings. The molecule has 0 saturated heterocycles. The highest BCUT2D eigenvalue weighted by Gasteiger charge is 2.29. The Hall–Kier alpha value is 0.0869. The van der Waals surface area contributed by atoms with Gasteiger partial charge in [-0.3, -0.25) is 4.18 Å². The van der Waals surface area contributed by atoms with E-state index in [0.29, 0.717) is 6.61 Å². The lowest BCUT2D eigenvalue weighted by molar-refractivity contribution is 0.185. The highest BCUT2D eigenvalue weighted by Crippen LogP contribution is 2.22. The van der Waals surface area contributed by atoms with Crippen LogP contribution >= 0.6 is 0 Å². The van der Waals surface area contributed by atoms with Gasteiger partial charge >= 0.3 is 0 Å². The van der Waals surface area contributed by atoms with Crippen molar-refractivity contribution in [1.29, 1.82) is 0 Å². The van der Waals surface area contributed by atoms with Crippen LogP contribution < -0.4 is 0 Å². The zero-order valence-electron chi connectivity index (χ0n) is 11.7. The maximum absolute atomic E-state index is 10.9. The molecule has 17 heavy (non-hydrogen) atoms. The van der Waals surface area contributed by atoms with Crippen LogP contribution in [0.15, 0.2) is 0 Å². The fourth-order valence-corrected chi connectivity index (χ4v) is 4.89. The van der Waals surface area contributed by atoms with Gasteiger partial charge in [-0.05, 0) is 18.1 Å². The summed E-state index contributed by atoms with van der Waals surface area (Å²) < 4.78 is 32.5. The third-order valence-corrected chi connectivity index (χ3v) is 8.38. The van der Waals surface area contributed by atoms with Gasteiger partial charge in [0.1, 0.15) is 0 Å². The molecule has 0 aliphatic carbocycles. The van der Waals surface area contributed by atoms with E-state index in [9.17, 15) is 8.42 Å². The summed E-state index contributed by atoms with van der Waals surface area (Å²) in [6.45, 7) is 9.29. The van der Waals surface area contributed by atoms with Crippen molar-refractivity contribution in [3.05, 3.63) is 0 Å². The molecule has 0 aromatic heterocycles. The normalized spacial score (nSPS) is 14.9. The lowest BCUT2D eigenvalue weighted by atomic mass is 10.2. The Morgan fingerprint density at radius 1 is 1.06 bits per heavy atom. The second-order valence-electron chi connectivity index (χ2n) is 4.65. The van der Waals surface area contributed by atoms with Crippen LogP contribution in [0, 0.1) is 5.92 Å². The van der Waals surface area contributed by atoms with Crippen molar-refractivity contribution in [2.75, 3.05) is 19.5 Å². The smallest absolute Gasteiger partial charge is 0.264 e. The van der Waals surface area contributed by atoms with E-state index >= 15 is 0 Å². The first-order valence-corrected chi connectivity index (χ1v) is 10.6. The third-order valence-electron chi connectivity index (χ3n) is 3.17. The van der Waals surface area contributed by atoms with E-state index in [1.165, 1.54) is 0 Å². The van der Waals surface area contributed by atoms with E-state index < -0.39 is 18.4 Å². The average Bonchev–Trinajstić information content (AvgIpc) is 2.28. The van der Waals surface area contributed by atoms with Gasteiger partial charge in [-0.25, -0.2) is 0 Å². The molecule has 0 bridgehead atoms. The van der Waals surface area contributed by atoms with Gasteiger partial charge in [0.2, 0.25) is 0 Å². The molecule has 104 valence electrons. The molecule has 0 amide bonds. The molecule has 1 unspecified atom stereocenters. The van der Waals surface area contributed by atoms with E-state index in [1.807, 2.05) is 6.92 Å². The van der Waals surface area contributed by atoms with E-state index in [0.717, 1.165) is 24.4 Å². The van der Waals surface area contributed by atoms with E-state index in [-0.39, 0.29) is 12.5 Å². The van der Waals surface area contributed by atoms with Crippen molar-refractivity contribution in [3.63, 3.8) is 0 Å². The van der Waals surface area contributed by atoms with Crippen molar-refractivity contribution < 1.29 is 17.0 Å². The lowest BCUT2D eigenvalue weighted by Gasteiger charge is -2.29. The van der Waals surface area contributed by atoms with E-state index in [2.05, 4.69) is 20.8 Å². The maximum Gasteiger partial charge on any atom is 0.264 e. The molecule has 0 heterocycles. The van der Waals surface area contributed by atoms with Crippen LogP contribution in [-0.4, -0.2) is 36.2 Å². The lowest BCUT2D eigenvalue weighted by Crippen LogP contribution is -2.37. The van der Waals surface area contributed by atoms with Crippen LogP contribution in [0.4, 0.5) is 0 Å². The van der Waals surface area contributed by atoms with Gasteiger partial charge in [0.15, 0.2) is 8.32 Å². The molecular formula is C11H26O4SSi. The predicted molar refractivity (Wildman–Crippen MR) is 73.1 cm³/mol. The molecule has 0 radical (unpaired) electrons. The van der Waals surface area contributed by atoms with E-state index in [1.54, 1.807) is 0 Å². The molecule has 0 saturated carbocycles. The summed E-state index contributed by atoms with van der Waals surface area (Å²) in [5.41, 5.74) is 0. The van der Waals surface area contributed by atoms with Crippen LogP contribution in [-0.2, 0) is 18.7 Å². The average molecular weight is 282 g/mol. The minimum absolute atomic E-state index is 0.112. The molecule has 0 aliphatic heterocycles. The Kier molecular flexibility index (Phi) is 7.54. The Bertz CT molecular complexity index is 290.